The monoisotopic (exact) mass is 292 g/mol. The Bertz CT molecular complexity index is 445. The minimum absolute atomic E-state index is 0.0506. The average molecular weight is 292 g/mol. The van der Waals surface area contributed by atoms with Crippen LogP contribution >= 0.6 is 0 Å². The fourth-order valence-corrected chi connectivity index (χ4v) is 4.56. The minimum Gasteiger partial charge on any atom is -0.459 e. The molecule has 0 radical (unpaired) electrons. The Balaban J connectivity index is 2.33. The van der Waals surface area contributed by atoms with Crippen molar-refractivity contribution in [2.45, 2.75) is 79.2 Å². The highest BCUT2D eigenvalue weighted by molar-refractivity contribution is 5.81. The summed E-state index contributed by atoms with van der Waals surface area (Å²) >= 11 is 0. The molecular formula is C19H32O2. The molecule has 0 aliphatic heterocycles. The molecule has 0 aromatic heterocycles. The third-order valence-corrected chi connectivity index (χ3v) is 6.13. The highest BCUT2D eigenvalue weighted by Crippen LogP contribution is 2.63. The van der Waals surface area contributed by atoms with Crippen molar-refractivity contribution >= 4 is 5.97 Å². The largest absolute Gasteiger partial charge is 0.459 e. The Morgan fingerprint density at radius 1 is 1.29 bits per heavy atom. The van der Waals surface area contributed by atoms with Gasteiger partial charge in [-0.3, -0.25) is 4.79 Å². The van der Waals surface area contributed by atoms with Gasteiger partial charge in [0.25, 0.3) is 0 Å². The van der Waals surface area contributed by atoms with E-state index in [4.69, 9.17) is 4.74 Å². The van der Waals surface area contributed by atoms with Gasteiger partial charge in [-0.05, 0) is 64.2 Å². The van der Waals surface area contributed by atoms with E-state index in [0.29, 0.717) is 11.8 Å². The molecule has 2 saturated carbocycles. The quantitative estimate of drug-likeness (QED) is 0.521. The summed E-state index contributed by atoms with van der Waals surface area (Å²) in [7, 11) is 0. The van der Waals surface area contributed by atoms with Gasteiger partial charge in [-0.1, -0.05) is 38.8 Å². The molecule has 2 aliphatic carbocycles. The van der Waals surface area contributed by atoms with E-state index in [-0.39, 0.29) is 11.4 Å². The topological polar surface area (TPSA) is 26.3 Å². The van der Waals surface area contributed by atoms with Gasteiger partial charge in [0.05, 0.1) is 5.41 Å². The van der Waals surface area contributed by atoms with Gasteiger partial charge in [-0.15, -0.1) is 0 Å². The fourth-order valence-electron chi connectivity index (χ4n) is 4.56. The van der Waals surface area contributed by atoms with Crippen molar-refractivity contribution < 1.29 is 9.53 Å². The number of fused-ring (bicyclic) bond motifs is 1. The van der Waals surface area contributed by atoms with E-state index < -0.39 is 11.0 Å². The standard InChI is InChI=1S/C19H32O2/c1-13(2)19(16(20)21-17(4,5)6)11-15-10-8-9-14(3)18(15,7)12-19/h14-15H,1,8-12H2,2-7H3/t14-,15+,18+,19-/m0/s1. The van der Waals surface area contributed by atoms with Crippen LogP contribution in [0.2, 0.25) is 0 Å². The molecule has 4 atom stereocenters. The summed E-state index contributed by atoms with van der Waals surface area (Å²) in [6, 6.07) is 0. The van der Waals surface area contributed by atoms with Gasteiger partial charge in [0, 0.05) is 0 Å². The van der Waals surface area contributed by atoms with E-state index in [1.165, 1.54) is 19.3 Å². The first-order chi connectivity index (χ1) is 9.51. The van der Waals surface area contributed by atoms with E-state index in [2.05, 4.69) is 20.4 Å². The number of carbonyl (C=O) groups excluding carboxylic acids is 1. The smallest absolute Gasteiger partial charge is 0.316 e. The first-order valence-corrected chi connectivity index (χ1v) is 8.41. The average Bonchev–Trinajstić information content (AvgIpc) is 2.64. The molecule has 0 spiro atoms. The van der Waals surface area contributed by atoms with Gasteiger partial charge in [-0.25, -0.2) is 0 Å². The van der Waals surface area contributed by atoms with Crippen LogP contribution in [0.25, 0.3) is 0 Å². The zero-order valence-corrected chi connectivity index (χ0v) is 14.7. The highest BCUT2D eigenvalue weighted by Gasteiger charge is 2.59. The molecule has 2 aliphatic rings. The van der Waals surface area contributed by atoms with E-state index in [1.54, 1.807) is 0 Å². The van der Waals surface area contributed by atoms with Gasteiger partial charge in [0.2, 0.25) is 0 Å². The number of rotatable bonds is 2. The highest BCUT2D eigenvalue weighted by atomic mass is 16.6. The molecule has 0 amide bonds. The Kier molecular flexibility index (Phi) is 4.06. The lowest BCUT2D eigenvalue weighted by Gasteiger charge is -2.42. The number of ether oxygens (including phenoxy) is 1. The molecule has 0 aromatic rings. The van der Waals surface area contributed by atoms with Crippen molar-refractivity contribution in [3.63, 3.8) is 0 Å². The Morgan fingerprint density at radius 3 is 2.38 bits per heavy atom. The van der Waals surface area contributed by atoms with E-state index in [0.717, 1.165) is 18.4 Å². The second kappa shape index (κ2) is 5.14. The van der Waals surface area contributed by atoms with Crippen molar-refractivity contribution in [2.24, 2.45) is 22.7 Å². The second-order valence-corrected chi connectivity index (χ2v) is 8.78. The van der Waals surface area contributed by atoms with Crippen LogP contribution in [0.4, 0.5) is 0 Å². The SMILES string of the molecule is C=C(C)[C@]1(C(=O)OC(C)(C)C)C[C@H]2CCC[C@H](C)[C@@]2(C)C1. The summed E-state index contributed by atoms with van der Waals surface area (Å²) in [6.07, 6.45) is 5.67. The molecule has 2 heteroatoms. The summed E-state index contributed by atoms with van der Waals surface area (Å²) in [4.78, 5) is 12.9. The maximum atomic E-state index is 12.9. The van der Waals surface area contributed by atoms with Crippen LogP contribution in [-0.2, 0) is 9.53 Å². The molecule has 0 bridgehead atoms. The van der Waals surface area contributed by atoms with Crippen LogP contribution in [0, 0.1) is 22.7 Å². The summed E-state index contributed by atoms with van der Waals surface area (Å²) in [6.45, 7) is 16.8. The lowest BCUT2D eigenvalue weighted by molar-refractivity contribution is -0.165. The second-order valence-electron chi connectivity index (χ2n) is 8.78. The minimum atomic E-state index is -0.467. The van der Waals surface area contributed by atoms with Gasteiger partial charge in [0.15, 0.2) is 0 Å². The molecule has 2 nitrogen and oxygen atoms in total. The maximum Gasteiger partial charge on any atom is 0.316 e. The molecule has 0 N–H and O–H groups in total. The zero-order valence-electron chi connectivity index (χ0n) is 14.7. The molecular weight excluding hydrogens is 260 g/mol. The maximum absolute atomic E-state index is 12.9. The third-order valence-electron chi connectivity index (χ3n) is 6.13. The van der Waals surface area contributed by atoms with E-state index in [9.17, 15) is 4.79 Å². The van der Waals surface area contributed by atoms with Crippen molar-refractivity contribution in [3.05, 3.63) is 12.2 Å². The molecule has 2 fully saturated rings. The molecule has 21 heavy (non-hydrogen) atoms. The van der Waals surface area contributed by atoms with Gasteiger partial charge < -0.3 is 4.74 Å². The number of hydrogen-bond acceptors (Lipinski definition) is 2. The molecule has 0 saturated heterocycles. The number of carbonyl (C=O) groups is 1. The Morgan fingerprint density at radius 2 is 1.90 bits per heavy atom. The first kappa shape index (κ1) is 16.6. The van der Waals surface area contributed by atoms with Crippen molar-refractivity contribution in [1.82, 2.24) is 0 Å². The lowest BCUT2D eigenvalue weighted by atomic mass is 9.63. The van der Waals surface area contributed by atoms with Gasteiger partial charge >= 0.3 is 5.97 Å². The van der Waals surface area contributed by atoms with Crippen LogP contribution in [0.1, 0.15) is 73.6 Å². The number of esters is 1. The van der Waals surface area contributed by atoms with Gasteiger partial charge in [0.1, 0.15) is 5.60 Å². The van der Waals surface area contributed by atoms with E-state index >= 15 is 0 Å². The zero-order chi connectivity index (χ0) is 16.1. The van der Waals surface area contributed by atoms with Gasteiger partial charge in [-0.2, -0.15) is 0 Å². The summed E-state index contributed by atoms with van der Waals surface area (Å²) < 4.78 is 5.77. The molecule has 0 heterocycles. The summed E-state index contributed by atoms with van der Waals surface area (Å²) in [5.74, 6) is 1.26. The Hall–Kier alpha value is -0.790. The number of hydrogen-bond donors (Lipinski definition) is 0. The fraction of sp³-hybridized carbons (Fsp3) is 0.842. The summed E-state index contributed by atoms with van der Waals surface area (Å²) in [5, 5.41) is 0. The van der Waals surface area contributed by atoms with Crippen LogP contribution in [0.15, 0.2) is 12.2 Å². The molecule has 0 unspecified atom stereocenters. The van der Waals surface area contributed by atoms with Crippen LogP contribution in [-0.4, -0.2) is 11.6 Å². The van der Waals surface area contributed by atoms with E-state index in [1.807, 2.05) is 27.7 Å². The molecule has 0 aromatic carbocycles. The van der Waals surface area contributed by atoms with Crippen molar-refractivity contribution in [1.29, 1.82) is 0 Å². The predicted molar refractivity (Wildman–Crippen MR) is 86.9 cm³/mol. The van der Waals surface area contributed by atoms with Crippen LogP contribution in [0.5, 0.6) is 0 Å². The first-order valence-electron chi connectivity index (χ1n) is 8.41. The van der Waals surface area contributed by atoms with Crippen LogP contribution < -0.4 is 0 Å². The predicted octanol–water partition coefficient (Wildman–Crippen LogP) is 5.13. The normalized spacial score (nSPS) is 39.7. The van der Waals surface area contributed by atoms with Crippen molar-refractivity contribution in [2.75, 3.05) is 0 Å². The molecule has 120 valence electrons. The van der Waals surface area contributed by atoms with Crippen LogP contribution in [0.3, 0.4) is 0 Å². The molecule has 2 rings (SSSR count). The Labute approximate surface area is 130 Å². The lowest BCUT2D eigenvalue weighted by Crippen LogP contribution is -2.38. The van der Waals surface area contributed by atoms with Crippen molar-refractivity contribution in [3.8, 4) is 0 Å². The summed E-state index contributed by atoms with van der Waals surface area (Å²) in [5.41, 5.74) is 0.346. The third kappa shape index (κ3) is 2.78.